The van der Waals surface area contributed by atoms with Gasteiger partial charge in [0.05, 0.1) is 0 Å². The van der Waals surface area contributed by atoms with Crippen molar-refractivity contribution in [2.45, 2.75) is 0 Å². The van der Waals surface area contributed by atoms with Gasteiger partial charge in [-0.25, -0.2) is 4.98 Å². The number of H-pyrrole nitrogens is 1. The van der Waals surface area contributed by atoms with Crippen LogP contribution in [0.5, 0.6) is 0 Å². The van der Waals surface area contributed by atoms with E-state index in [0.29, 0.717) is 0 Å². The molecule has 4 nitrogen and oxygen atoms in total. The van der Waals surface area contributed by atoms with Gasteiger partial charge in [0.1, 0.15) is 5.52 Å². The van der Waals surface area contributed by atoms with E-state index in [1.807, 2.05) is 42.9 Å². The van der Waals surface area contributed by atoms with Crippen LogP contribution in [0.1, 0.15) is 0 Å². The van der Waals surface area contributed by atoms with Gasteiger partial charge in [-0.05, 0) is 22.9 Å². The summed E-state index contributed by atoms with van der Waals surface area (Å²) in [6, 6.07) is 12.1. The molecule has 0 spiro atoms. The van der Waals surface area contributed by atoms with Gasteiger partial charge in [0.2, 0.25) is 0 Å². The molecule has 0 amide bonds. The summed E-state index contributed by atoms with van der Waals surface area (Å²) in [5.41, 5.74) is 1.76. The van der Waals surface area contributed by atoms with E-state index in [2.05, 4.69) is 32.1 Å². The van der Waals surface area contributed by atoms with E-state index < -0.39 is 0 Å². The summed E-state index contributed by atoms with van der Waals surface area (Å²) in [7, 11) is 0. The van der Waals surface area contributed by atoms with Crippen LogP contribution in [0.15, 0.2) is 67.4 Å². The molecule has 19 heavy (non-hydrogen) atoms. The minimum Gasteiger partial charge on any atom is -0.345 e. The van der Waals surface area contributed by atoms with Crippen molar-refractivity contribution in [1.29, 1.82) is 0 Å². The van der Waals surface area contributed by atoms with Crippen LogP contribution in [0.3, 0.4) is 0 Å². The fourth-order valence-corrected chi connectivity index (χ4v) is 1.81. The Bertz CT molecular complexity index is 696. The van der Waals surface area contributed by atoms with Gasteiger partial charge in [-0.2, -0.15) is 0 Å². The highest BCUT2D eigenvalue weighted by molar-refractivity contribution is 5.80. The number of pyridine rings is 1. The first-order chi connectivity index (χ1) is 9.43. The maximum Gasteiger partial charge on any atom is 0.155 e. The summed E-state index contributed by atoms with van der Waals surface area (Å²) >= 11 is 0. The third-order valence-electron chi connectivity index (χ3n) is 2.74. The zero-order valence-electron chi connectivity index (χ0n) is 10.2. The van der Waals surface area contributed by atoms with Crippen LogP contribution < -0.4 is 0 Å². The van der Waals surface area contributed by atoms with Gasteiger partial charge in [0.25, 0.3) is 0 Å². The van der Waals surface area contributed by atoms with E-state index in [9.17, 15) is 0 Å². The highest BCUT2D eigenvalue weighted by Gasteiger charge is 1.90. The lowest BCUT2D eigenvalue weighted by atomic mass is 10.2. The van der Waals surface area contributed by atoms with Crippen LogP contribution in [0.25, 0.3) is 21.9 Å². The zero-order chi connectivity index (χ0) is 12.9. The van der Waals surface area contributed by atoms with Gasteiger partial charge in [0.15, 0.2) is 5.65 Å². The number of nitrogens with zero attached hydrogens (tertiary/aromatic N) is 3. The zero-order valence-corrected chi connectivity index (χ0v) is 10.2. The van der Waals surface area contributed by atoms with Crippen LogP contribution in [0, 0.1) is 0 Å². The fraction of sp³-hybridized carbons (Fsp3) is 0. The van der Waals surface area contributed by atoms with Gasteiger partial charge in [-0.3, -0.25) is 9.97 Å². The summed E-state index contributed by atoms with van der Waals surface area (Å²) in [6.45, 7) is 0. The fourth-order valence-electron chi connectivity index (χ4n) is 1.81. The van der Waals surface area contributed by atoms with Crippen LogP contribution in [0.4, 0.5) is 0 Å². The molecular formula is C15H12N4. The van der Waals surface area contributed by atoms with Crippen molar-refractivity contribution in [3.05, 3.63) is 67.4 Å². The minimum atomic E-state index is 0.845. The maximum atomic E-state index is 4.05. The monoisotopic (exact) mass is 248 g/mol. The molecule has 0 atom stereocenters. The number of hydrogen-bond acceptors (Lipinski definition) is 3. The van der Waals surface area contributed by atoms with Crippen LogP contribution in [0.2, 0.25) is 0 Å². The van der Waals surface area contributed by atoms with E-state index in [0.717, 1.165) is 11.2 Å². The third kappa shape index (κ3) is 2.57. The number of rotatable bonds is 0. The first-order valence-corrected chi connectivity index (χ1v) is 5.96. The molecule has 0 bridgehead atoms. The van der Waals surface area contributed by atoms with Crippen molar-refractivity contribution in [2.75, 3.05) is 0 Å². The molecule has 1 N–H and O–H groups in total. The Morgan fingerprint density at radius 2 is 1.63 bits per heavy atom. The lowest BCUT2D eigenvalue weighted by molar-refractivity contribution is 1.26. The van der Waals surface area contributed by atoms with E-state index >= 15 is 0 Å². The molecule has 4 rings (SSSR count). The van der Waals surface area contributed by atoms with E-state index in [4.69, 9.17) is 0 Å². The molecular weight excluding hydrogens is 236 g/mol. The molecule has 0 radical (unpaired) electrons. The number of benzene rings is 1. The Morgan fingerprint density at radius 3 is 2.47 bits per heavy atom. The van der Waals surface area contributed by atoms with Crippen LogP contribution >= 0.6 is 0 Å². The standard InChI is InChI=1S/C9H7N.C6H5N3/c1-2-4-9-7-10-6-5-8(9)3-1;1-2-8-6-5(1)7-3-4-9-6/h1-7H;1-4H,(H,8,9). The Labute approximate surface area is 110 Å². The predicted molar refractivity (Wildman–Crippen MR) is 75.6 cm³/mol. The molecule has 0 saturated carbocycles. The van der Waals surface area contributed by atoms with Crippen molar-refractivity contribution in [3.63, 3.8) is 0 Å². The molecule has 3 heterocycles. The molecule has 3 aromatic heterocycles. The normalized spacial score (nSPS) is 10.1. The largest absolute Gasteiger partial charge is 0.345 e. The highest BCUT2D eigenvalue weighted by Crippen LogP contribution is 2.09. The number of hydrogen-bond donors (Lipinski definition) is 1. The number of nitrogens with one attached hydrogen (secondary N) is 1. The van der Waals surface area contributed by atoms with Crippen molar-refractivity contribution >= 4 is 21.9 Å². The number of aromatic nitrogens is 4. The second-order valence-corrected chi connectivity index (χ2v) is 3.99. The molecule has 4 aromatic rings. The van der Waals surface area contributed by atoms with Gasteiger partial charge in [0, 0.05) is 31.0 Å². The number of aromatic amines is 1. The van der Waals surface area contributed by atoms with E-state index in [1.165, 1.54) is 10.8 Å². The highest BCUT2D eigenvalue weighted by atomic mass is 14.9. The van der Waals surface area contributed by atoms with E-state index in [-0.39, 0.29) is 0 Å². The van der Waals surface area contributed by atoms with Gasteiger partial charge in [-0.1, -0.05) is 24.3 Å². The Kier molecular flexibility index (Phi) is 3.14. The summed E-state index contributed by atoms with van der Waals surface area (Å²) in [4.78, 5) is 15.0. The maximum absolute atomic E-state index is 4.05. The lowest BCUT2D eigenvalue weighted by Gasteiger charge is -1.91. The van der Waals surface area contributed by atoms with Crippen molar-refractivity contribution in [3.8, 4) is 0 Å². The second kappa shape index (κ2) is 5.27. The Morgan fingerprint density at radius 1 is 0.789 bits per heavy atom. The number of fused-ring (bicyclic) bond motifs is 2. The minimum absolute atomic E-state index is 0.845. The molecule has 0 unspecified atom stereocenters. The lowest BCUT2D eigenvalue weighted by Crippen LogP contribution is -1.75. The van der Waals surface area contributed by atoms with Crippen molar-refractivity contribution < 1.29 is 0 Å². The summed E-state index contributed by atoms with van der Waals surface area (Å²) in [5.74, 6) is 0. The average Bonchev–Trinajstić information content (AvgIpc) is 2.96. The SMILES string of the molecule is c1ccc2cnccc2c1.c1cnc2[nH]ccc2n1. The molecule has 0 aliphatic heterocycles. The summed E-state index contributed by atoms with van der Waals surface area (Å²) < 4.78 is 0. The smallest absolute Gasteiger partial charge is 0.155 e. The molecule has 0 fully saturated rings. The molecule has 0 saturated heterocycles. The Hall–Kier alpha value is -2.75. The molecule has 0 aliphatic rings. The first-order valence-electron chi connectivity index (χ1n) is 5.96. The van der Waals surface area contributed by atoms with Gasteiger partial charge < -0.3 is 4.98 Å². The Balaban J connectivity index is 0.000000117. The summed E-state index contributed by atoms with van der Waals surface area (Å²) in [6.07, 6.45) is 8.84. The molecule has 0 aliphatic carbocycles. The van der Waals surface area contributed by atoms with E-state index in [1.54, 1.807) is 12.4 Å². The van der Waals surface area contributed by atoms with Gasteiger partial charge >= 0.3 is 0 Å². The molecule has 4 heteroatoms. The topological polar surface area (TPSA) is 54.5 Å². The van der Waals surface area contributed by atoms with Crippen molar-refractivity contribution in [1.82, 2.24) is 19.9 Å². The first kappa shape index (κ1) is 11.3. The van der Waals surface area contributed by atoms with Crippen LogP contribution in [-0.2, 0) is 0 Å². The summed E-state index contributed by atoms with van der Waals surface area (Å²) in [5, 5.41) is 2.45. The molecule has 1 aromatic carbocycles. The second-order valence-electron chi connectivity index (χ2n) is 3.99. The average molecular weight is 248 g/mol. The molecule has 92 valence electrons. The quantitative estimate of drug-likeness (QED) is 0.520. The van der Waals surface area contributed by atoms with Crippen molar-refractivity contribution in [2.24, 2.45) is 0 Å². The van der Waals surface area contributed by atoms with Gasteiger partial charge in [-0.15, -0.1) is 0 Å². The third-order valence-corrected chi connectivity index (χ3v) is 2.74. The van der Waals surface area contributed by atoms with Crippen LogP contribution in [-0.4, -0.2) is 19.9 Å². The predicted octanol–water partition coefficient (Wildman–Crippen LogP) is 3.19.